The van der Waals surface area contributed by atoms with Crippen molar-refractivity contribution in [3.63, 3.8) is 0 Å². The molecular weight excluding hydrogens is 696 g/mol. The Hall–Kier alpha value is -5.54. The predicted molar refractivity (Wildman–Crippen MR) is 187 cm³/mol. The Kier molecular flexibility index (Phi) is 12.0. The molecule has 3 aromatic carbocycles. The van der Waals surface area contributed by atoms with E-state index in [0.29, 0.717) is 5.56 Å². The number of piperidine rings is 1. The number of imidazole rings is 1. The van der Waals surface area contributed by atoms with Crippen LogP contribution in [0, 0.1) is 11.7 Å². The number of aromatic nitrogens is 2. The first kappa shape index (κ1) is 38.7. The van der Waals surface area contributed by atoms with E-state index in [4.69, 9.17) is 10.5 Å². The SMILES string of the molecule is CC(C)(N)C(=O)N=C(COCc1ccccc1)C(=O)Nc1cn(C(C(=O)N2CCC(C(=O)c3ccc(F)cc3)CC2)c2ccccc2C(F)(F)F)cn1. The smallest absolute Gasteiger partial charge is 0.370 e. The molecule has 0 saturated carbocycles. The Morgan fingerprint density at radius 1 is 0.962 bits per heavy atom. The van der Waals surface area contributed by atoms with Gasteiger partial charge in [-0.2, -0.15) is 13.2 Å². The number of carbonyl (C=O) groups is 4. The molecule has 1 saturated heterocycles. The monoisotopic (exact) mass is 734 g/mol. The highest BCUT2D eigenvalue weighted by Crippen LogP contribution is 2.37. The number of ether oxygens (including phenoxy) is 1. The summed E-state index contributed by atoms with van der Waals surface area (Å²) >= 11 is 0. The molecule has 1 aliphatic heterocycles. The zero-order valence-corrected chi connectivity index (χ0v) is 29.0. The zero-order chi connectivity index (χ0) is 38.3. The first-order valence-corrected chi connectivity index (χ1v) is 16.7. The van der Waals surface area contributed by atoms with E-state index in [9.17, 15) is 36.7 Å². The van der Waals surface area contributed by atoms with Gasteiger partial charge in [0.05, 0.1) is 30.6 Å². The number of hydrogen-bond acceptors (Lipinski definition) is 7. The highest BCUT2D eigenvalue weighted by atomic mass is 19.4. The first-order chi connectivity index (χ1) is 25.1. The van der Waals surface area contributed by atoms with Gasteiger partial charge in [-0.05, 0) is 68.1 Å². The normalized spacial score (nSPS) is 14.8. The van der Waals surface area contributed by atoms with E-state index < -0.39 is 52.8 Å². The number of Topliss-reactive ketones (excluding diaryl/α,β-unsaturated/α-hetero) is 1. The number of nitrogens with one attached hydrogen (secondary N) is 1. The molecule has 1 atom stereocenters. The molecule has 53 heavy (non-hydrogen) atoms. The Labute approximate surface area is 302 Å². The third-order valence-corrected chi connectivity index (χ3v) is 8.64. The van der Waals surface area contributed by atoms with Crippen molar-refractivity contribution in [3.8, 4) is 0 Å². The number of hydrogen-bond donors (Lipinski definition) is 2. The number of amides is 3. The van der Waals surface area contributed by atoms with Crippen molar-refractivity contribution in [3.05, 3.63) is 119 Å². The summed E-state index contributed by atoms with van der Waals surface area (Å²) < 4.78 is 63.1. The average Bonchev–Trinajstić information content (AvgIpc) is 3.58. The lowest BCUT2D eigenvalue weighted by atomic mass is 9.88. The van der Waals surface area contributed by atoms with Gasteiger partial charge in [0.15, 0.2) is 11.6 Å². The van der Waals surface area contributed by atoms with E-state index in [0.717, 1.165) is 22.5 Å². The number of nitrogens with two attached hydrogens (primary N) is 1. The Bertz CT molecular complexity index is 1960. The minimum absolute atomic E-state index is 0.0771. The van der Waals surface area contributed by atoms with Crippen molar-refractivity contribution in [2.45, 2.75) is 51.1 Å². The van der Waals surface area contributed by atoms with Crippen molar-refractivity contribution < 1.29 is 41.5 Å². The Balaban J connectivity index is 1.38. The van der Waals surface area contributed by atoms with E-state index in [-0.39, 0.29) is 62.0 Å². The number of carbonyl (C=O) groups excluding carboxylic acids is 4. The molecule has 5 rings (SSSR count). The van der Waals surface area contributed by atoms with Crippen molar-refractivity contribution >= 4 is 35.0 Å². The molecule has 15 heteroatoms. The van der Waals surface area contributed by atoms with Crippen LogP contribution in [0.4, 0.5) is 23.4 Å². The number of benzene rings is 3. The molecule has 0 bridgehead atoms. The van der Waals surface area contributed by atoms with Crippen LogP contribution in [0.5, 0.6) is 0 Å². The third kappa shape index (κ3) is 9.87. The summed E-state index contributed by atoms with van der Waals surface area (Å²) in [5.74, 6) is -3.67. The van der Waals surface area contributed by atoms with Crippen LogP contribution in [0.3, 0.4) is 0 Å². The first-order valence-electron chi connectivity index (χ1n) is 16.7. The average molecular weight is 735 g/mol. The lowest BCUT2D eigenvalue weighted by Gasteiger charge is -2.34. The highest BCUT2D eigenvalue weighted by Gasteiger charge is 2.40. The summed E-state index contributed by atoms with van der Waals surface area (Å²) in [6, 6.07) is 17.3. The molecule has 3 N–H and O–H groups in total. The van der Waals surface area contributed by atoms with Gasteiger partial charge in [0.25, 0.3) is 11.8 Å². The van der Waals surface area contributed by atoms with Gasteiger partial charge in [0.2, 0.25) is 5.91 Å². The summed E-state index contributed by atoms with van der Waals surface area (Å²) in [7, 11) is 0. The van der Waals surface area contributed by atoms with Gasteiger partial charge >= 0.3 is 6.18 Å². The van der Waals surface area contributed by atoms with Gasteiger partial charge in [0.1, 0.15) is 17.6 Å². The van der Waals surface area contributed by atoms with Crippen molar-refractivity contribution in [2.24, 2.45) is 16.6 Å². The quantitative estimate of drug-likeness (QED) is 0.109. The van der Waals surface area contributed by atoms with Crippen LogP contribution in [0.1, 0.15) is 59.8 Å². The second-order valence-corrected chi connectivity index (χ2v) is 13.2. The summed E-state index contributed by atoms with van der Waals surface area (Å²) in [6.45, 7) is 2.71. The van der Waals surface area contributed by atoms with Gasteiger partial charge in [-0.25, -0.2) is 14.4 Å². The number of alkyl halides is 3. The summed E-state index contributed by atoms with van der Waals surface area (Å²) in [4.78, 5) is 62.7. The van der Waals surface area contributed by atoms with E-state index in [1.54, 1.807) is 12.1 Å². The number of aliphatic imine (C=N–C) groups is 1. The molecule has 11 nitrogen and oxygen atoms in total. The number of likely N-dealkylation sites (tertiary alicyclic amines) is 1. The molecule has 3 amide bonds. The lowest BCUT2D eigenvalue weighted by Crippen LogP contribution is -2.44. The molecule has 2 heterocycles. The largest absolute Gasteiger partial charge is 0.416 e. The minimum atomic E-state index is -4.81. The van der Waals surface area contributed by atoms with Crippen LogP contribution in [-0.4, -0.2) is 68.9 Å². The third-order valence-electron chi connectivity index (χ3n) is 8.64. The fourth-order valence-electron chi connectivity index (χ4n) is 5.79. The van der Waals surface area contributed by atoms with Crippen LogP contribution >= 0.6 is 0 Å². The van der Waals surface area contributed by atoms with Crippen LogP contribution < -0.4 is 11.1 Å². The summed E-state index contributed by atoms with van der Waals surface area (Å²) in [5.41, 5.74) is 3.90. The van der Waals surface area contributed by atoms with Gasteiger partial charge in [0, 0.05) is 30.8 Å². The van der Waals surface area contributed by atoms with E-state index >= 15 is 0 Å². The van der Waals surface area contributed by atoms with E-state index in [1.807, 2.05) is 18.2 Å². The summed E-state index contributed by atoms with van der Waals surface area (Å²) in [5, 5.41) is 2.49. The number of halogens is 4. The van der Waals surface area contributed by atoms with E-state index in [2.05, 4.69) is 15.3 Å². The molecule has 1 aromatic heterocycles. The fourth-order valence-corrected chi connectivity index (χ4v) is 5.79. The van der Waals surface area contributed by atoms with Gasteiger partial charge < -0.3 is 25.3 Å². The Morgan fingerprint density at radius 3 is 2.25 bits per heavy atom. The zero-order valence-electron chi connectivity index (χ0n) is 29.0. The Morgan fingerprint density at radius 2 is 1.60 bits per heavy atom. The minimum Gasteiger partial charge on any atom is -0.370 e. The standard InChI is InChI=1S/C38H38F4N6O5/c1-37(2,43)36(52)45-30(22-53-21-24-8-4-3-5-9-24)34(50)46-31-20-48(23-44-31)32(28-10-6-7-11-29(28)38(40,41)42)35(51)47-18-16-26(17-19-47)33(49)25-12-14-27(39)15-13-25/h3-15,20,23,26,32H,16-19,21-22,43H2,1-2H3,(H,46,50). The van der Waals surface area contributed by atoms with E-state index in [1.165, 1.54) is 67.4 Å². The maximum absolute atomic E-state index is 14.3. The molecule has 0 radical (unpaired) electrons. The predicted octanol–water partition coefficient (Wildman–Crippen LogP) is 5.61. The summed E-state index contributed by atoms with van der Waals surface area (Å²) in [6.07, 6.45) is -2.00. The highest BCUT2D eigenvalue weighted by molar-refractivity contribution is 6.45. The van der Waals surface area contributed by atoms with Crippen LogP contribution in [0.15, 0.2) is 96.4 Å². The molecule has 0 spiro atoms. The molecule has 0 aliphatic carbocycles. The topological polar surface area (TPSA) is 149 Å². The second-order valence-electron chi connectivity index (χ2n) is 13.2. The second kappa shape index (κ2) is 16.4. The van der Waals surface area contributed by atoms with Crippen molar-refractivity contribution in [1.29, 1.82) is 0 Å². The van der Waals surface area contributed by atoms with Crippen molar-refractivity contribution in [2.75, 3.05) is 25.0 Å². The van der Waals surface area contributed by atoms with Gasteiger partial charge in [-0.1, -0.05) is 48.5 Å². The lowest BCUT2D eigenvalue weighted by molar-refractivity contribution is -0.140. The molecule has 1 unspecified atom stereocenters. The molecule has 1 aliphatic rings. The number of nitrogens with zero attached hydrogens (tertiary/aromatic N) is 4. The maximum atomic E-state index is 14.3. The van der Waals surface area contributed by atoms with Crippen LogP contribution in [0.2, 0.25) is 0 Å². The fraction of sp³-hybridized carbons (Fsp3) is 0.316. The van der Waals surface area contributed by atoms with Crippen LogP contribution in [-0.2, 0) is 31.9 Å². The van der Waals surface area contributed by atoms with Crippen LogP contribution in [0.25, 0.3) is 0 Å². The van der Waals surface area contributed by atoms with Gasteiger partial charge in [-0.15, -0.1) is 0 Å². The van der Waals surface area contributed by atoms with Gasteiger partial charge in [-0.3, -0.25) is 19.2 Å². The molecular formula is C38H38F4N6O5. The molecule has 278 valence electrons. The number of anilines is 1. The molecule has 4 aromatic rings. The molecule has 1 fully saturated rings. The maximum Gasteiger partial charge on any atom is 0.416 e. The number of rotatable bonds is 12. The number of ketones is 1. The van der Waals surface area contributed by atoms with Crippen molar-refractivity contribution in [1.82, 2.24) is 14.5 Å².